The van der Waals surface area contributed by atoms with Crippen molar-refractivity contribution in [3.63, 3.8) is 0 Å². The van der Waals surface area contributed by atoms with E-state index in [1.54, 1.807) is 24.7 Å². The van der Waals surface area contributed by atoms with Crippen LogP contribution in [0.1, 0.15) is 5.56 Å². The number of aromatic nitrogens is 4. The van der Waals surface area contributed by atoms with E-state index in [1.807, 2.05) is 18.2 Å². The van der Waals surface area contributed by atoms with Gasteiger partial charge in [0.2, 0.25) is 0 Å². The molecule has 1 N–H and O–H groups in total. The first-order chi connectivity index (χ1) is 12.6. The summed E-state index contributed by atoms with van der Waals surface area (Å²) in [5.74, 6) is 1.16. The van der Waals surface area contributed by atoms with Gasteiger partial charge in [-0.05, 0) is 23.8 Å². The lowest BCUT2D eigenvalue weighted by molar-refractivity contribution is 1.09. The van der Waals surface area contributed by atoms with Gasteiger partial charge in [-0.2, -0.15) is 0 Å². The summed E-state index contributed by atoms with van der Waals surface area (Å²) in [6.07, 6.45) is 4.83. The summed E-state index contributed by atoms with van der Waals surface area (Å²) in [4.78, 5) is 18.3. The van der Waals surface area contributed by atoms with Crippen molar-refractivity contribution in [2.75, 3.05) is 5.32 Å². The van der Waals surface area contributed by atoms with E-state index in [9.17, 15) is 0 Å². The summed E-state index contributed by atoms with van der Waals surface area (Å²) in [7, 11) is 0. The zero-order valence-corrected chi connectivity index (χ0v) is 16.2. The maximum absolute atomic E-state index is 6.17. The molecule has 5 nitrogen and oxygen atoms in total. The van der Waals surface area contributed by atoms with Crippen LogP contribution in [0.2, 0.25) is 14.4 Å². The van der Waals surface area contributed by atoms with Gasteiger partial charge in [0.1, 0.15) is 16.3 Å². The Balaban J connectivity index is 1.71. The Labute approximate surface area is 168 Å². The average molecular weight is 423 g/mol. The van der Waals surface area contributed by atoms with E-state index in [0.717, 1.165) is 15.8 Å². The third-order valence-corrected chi connectivity index (χ3v) is 5.50. The second-order valence-electron chi connectivity index (χ2n) is 5.36. The predicted octanol–water partition coefficient (Wildman–Crippen LogP) is 5.72. The smallest absolute Gasteiger partial charge is 0.183 e. The van der Waals surface area contributed by atoms with Crippen LogP contribution >= 0.6 is 46.1 Å². The van der Waals surface area contributed by atoms with Gasteiger partial charge in [0.05, 0.1) is 26.0 Å². The number of nitrogens with zero attached hydrogens (tertiary/aromatic N) is 4. The summed E-state index contributed by atoms with van der Waals surface area (Å²) >= 11 is 19.6. The average Bonchev–Trinajstić information content (AvgIpc) is 3.03. The normalized spacial score (nSPS) is 11.0. The molecule has 3 heterocycles. The predicted molar refractivity (Wildman–Crippen MR) is 107 cm³/mol. The maximum atomic E-state index is 6.17. The fourth-order valence-electron chi connectivity index (χ4n) is 2.39. The third kappa shape index (κ3) is 3.59. The molecule has 9 heteroatoms. The molecule has 0 aliphatic heterocycles. The Morgan fingerprint density at radius 3 is 2.65 bits per heavy atom. The third-order valence-electron chi connectivity index (χ3n) is 3.60. The number of fused-ring (bicyclic) bond motifs is 1. The molecule has 0 spiro atoms. The summed E-state index contributed by atoms with van der Waals surface area (Å²) in [5.41, 5.74) is 1.57. The highest BCUT2D eigenvalue weighted by atomic mass is 35.5. The van der Waals surface area contributed by atoms with Crippen LogP contribution in [-0.2, 0) is 6.54 Å². The largest absolute Gasteiger partial charge is 0.365 e. The fourth-order valence-corrected chi connectivity index (χ4v) is 3.80. The minimum atomic E-state index is 0.487. The van der Waals surface area contributed by atoms with Gasteiger partial charge in [0, 0.05) is 18.9 Å². The molecule has 0 aliphatic rings. The number of anilines is 1. The van der Waals surface area contributed by atoms with Crippen molar-refractivity contribution >= 4 is 62.2 Å². The lowest BCUT2D eigenvalue weighted by Gasteiger charge is -2.09. The standard InChI is InChI=1S/C17H10Cl3N5S/c18-11-2-1-9(5-12(11)19)7-23-15-10-6-14(20)26-17(10)25-16(24-15)13-8-21-3-4-22-13/h1-6,8H,7H2,(H,23,24,25). The van der Waals surface area contributed by atoms with Crippen molar-refractivity contribution in [1.82, 2.24) is 19.9 Å². The van der Waals surface area contributed by atoms with Crippen LogP contribution in [0, 0.1) is 0 Å². The molecule has 4 aromatic rings. The first-order valence-corrected chi connectivity index (χ1v) is 9.46. The van der Waals surface area contributed by atoms with Crippen LogP contribution in [0.3, 0.4) is 0 Å². The molecule has 130 valence electrons. The Morgan fingerprint density at radius 1 is 1.00 bits per heavy atom. The number of hydrogen-bond acceptors (Lipinski definition) is 6. The summed E-state index contributed by atoms with van der Waals surface area (Å²) in [6, 6.07) is 7.34. The first kappa shape index (κ1) is 17.4. The topological polar surface area (TPSA) is 63.6 Å². The SMILES string of the molecule is Clc1cc2c(NCc3ccc(Cl)c(Cl)c3)nc(-c3cnccn3)nc2s1. The van der Waals surface area contributed by atoms with Crippen molar-refractivity contribution in [1.29, 1.82) is 0 Å². The number of rotatable bonds is 4. The van der Waals surface area contributed by atoms with Crippen LogP contribution in [0.25, 0.3) is 21.7 Å². The van der Waals surface area contributed by atoms with Crippen LogP contribution in [0.4, 0.5) is 5.82 Å². The Morgan fingerprint density at radius 2 is 1.88 bits per heavy atom. The molecule has 0 saturated carbocycles. The van der Waals surface area contributed by atoms with Gasteiger partial charge in [-0.15, -0.1) is 11.3 Å². The number of benzene rings is 1. The lowest BCUT2D eigenvalue weighted by Crippen LogP contribution is -2.04. The molecule has 26 heavy (non-hydrogen) atoms. The zero-order valence-electron chi connectivity index (χ0n) is 13.1. The van der Waals surface area contributed by atoms with Gasteiger partial charge >= 0.3 is 0 Å². The molecular formula is C17H10Cl3N5S. The number of nitrogens with one attached hydrogen (secondary N) is 1. The van der Waals surface area contributed by atoms with E-state index in [0.29, 0.717) is 38.3 Å². The minimum absolute atomic E-state index is 0.487. The molecule has 0 bridgehead atoms. The maximum Gasteiger partial charge on any atom is 0.183 e. The van der Waals surface area contributed by atoms with Crippen LogP contribution in [-0.4, -0.2) is 19.9 Å². The number of hydrogen-bond donors (Lipinski definition) is 1. The van der Waals surface area contributed by atoms with Crippen molar-refractivity contribution in [2.45, 2.75) is 6.54 Å². The highest BCUT2D eigenvalue weighted by Gasteiger charge is 2.13. The van der Waals surface area contributed by atoms with E-state index >= 15 is 0 Å². The van der Waals surface area contributed by atoms with Gasteiger partial charge in [-0.1, -0.05) is 40.9 Å². The summed E-state index contributed by atoms with van der Waals surface area (Å²) < 4.78 is 0.642. The van der Waals surface area contributed by atoms with Crippen molar-refractivity contribution < 1.29 is 0 Å². The number of halogens is 3. The monoisotopic (exact) mass is 421 g/mol. The highest BCUT2D eigenvalue weighted by Crippen LogP contribution is 2.33. The molecule has 0 saturated heterocycles. The molecule has 1 aromatic carbocycles. The summed E-state index contributed by atoms with van der Waals surface area (Å²) in [5, 5.41) is 5.21. The van der Waals surface area contributed by atoms with E-state index in [2.05, 4.69) is 25.3 Å². The number of thiophene rings is 1. The van der Waals surface area contributed by atoms with Gasteiger partial charge in [0.15, 0.2) is 5.82 Å². The Kier molecular flexibility index (Phi) is 4.91. The van der Waals surface area contributed by atoms with Gasteiger partial charge in [0.25, 0.3) is 0 Å². The second-order valence-corrected chi connectivity index (χ2v) is 7.83. The van der Waals surface area contributed by atoms with E-state index in [-0.39, 0.29) is 0 Å². The molecule has 0 aliphatic carbocycles. The summed E-state index contributed by atoms with van der Waals surface area (Å²) in [6.45, 7) is 0.524. The molecule has 0 fully saturated rings. The van der Waals surface area contributed by atoms with Crippen molar-refractivity contribution in [3.8, 4) is 11.5 Å². The molecule has 4 rings (SSSR count). The molecule has 0 unspecified atom stereocenters. The van der Waals surface area contributed by atoms with Crippen LogP contribution in [0.5, 0.6) is 0 Å². The van der Waals surface area contributed by atoms with E-state index < -0.39 is 0 Å². The van der Waals surface area contributed by atoms with Gasteiger partial charge in [-0.3, -0.25) is 4.98 Å². The molecular weight excluding hydrogens is 413 g/mol. The Bertz CT molecular complexity index is 1080. The van der Waals surface area contributed by atoms with Crippen molar-refractivity contribution in [2.24, 2.45) is 0 Å². The zero-order chi connectivity index (χ0) is 18.1. The second kappa shape index (κ2) is 7.32. The van der Waals surface area contributed by atoms with E-state index in [1.165, 1.54) is 11.3 Å². The Hall–Kier alpha value is -1.99. The minimum Gasteiger partial charge on any atom is -0.365 e. The van der Waals surface area contributed by atoms with Crippen LogP contribution < -0.4 is 5.32 Å². The van der Waals surface area contributed by atoms with Crippen LogP contribution in [0.15, 0.2) is 42.9 Å². The highest BCUT2D eigenvalue weighted by molar-refractivity contribution is 7.22. The molecule has 0 amide bonds. The molecule has 0 atom stereocenters. The molecule has 3 aromatic heterocycles. The van der Waals surface area contributed by atoms with Gasteiger partial charge < -0.3 is 5.32 Å². The quantitative estimate of drug-likeness (QED) is 0.455. The lowest BCUT2D eigenvalue weighted by atomic mass is 10.2. The fraction of sp³-hybridized carbons (Fsp3) is 0.0588. The van der Waals surface area contributed by atoms with E-state index in [4.69, 9.17) is 34.8 Å². The first-order valence-electron chi connectivity index (χ1n) is 7.51. The molecule has 0 radical (unpaired) electrons. The van der Waals surface area contributed by atoms with Gasteiger partial charge in [-0.25, -0.2) is 15.0 Å². The van der Waals surface area contributed by atoms with Crippen molar-refractivity contribution in [3.05, 3.63) is 62.8 Å².